The van der Waals surface area contributed by atoms with Gasteiger partial charge in [0.15, 0.2) is 0 Å². The van der Waals surface area contributed by atoms with Crippen LogP contribution in [0.5, 0.6) is 0 Å². The monoisotopic (exact) mass is 249 g/mol. The summed E-state index contributed by atoms with van der Waals surface area (Å²) in [7, 11) is 0. The number of nitrogens with zero attached hydrogens (tertiary/aromatic N) is 2. The highest BCUT2D eigenvalue weighted by atomic mass is 16.5. The van der Waals surface area contributed by atoms with Gasteiger partial charge in [0.25, 0.3) is 0 Å². The van der Waals surface area contributed by atoms with Crippen molar-refractivity contribution >= 4 is 5.82 Å². The van der Waals surface area contributed by atoms with E-state index in [0.29, 0.717) is 6.10 Å². The smallest absolute Gasteiger partial charge is 0.126 e. The predicted octanol–water partition coefficient (Wildman–Crippen LogP) is 2.12. The Morgan fingerprint density at radius 2 is 2.39 bits per heavy atom. The number of anilines is 1. The molecule has 1 aromatic heterocycles. The van der Waals surface area contributed by atoms with Gasteiger partial charge in [-0.15, -0.1) is 0 Å². The summed E-state index contributed by atoms with van der Waals surface area (Å²) in [5.41, 5.74) is 1.32. The molecule has 18 heavy (non-hydrogen) atoms. The van der Waals surface area contributed by atoms with Crippen LogP contribution in [-0.2, 0) is 11.3 Å². The molecule has 2 heterocycles. The third-order valence-corrected chi connectivity index (χ3v) is 3.27. The summed E-state index contributed by atoms with van der Waals surface area (Å²) in [6.45, 7) is 9.08. The van der Waals surface area contributed by atoms with Crippen molar-refractivity contribution in [1.29, 1.82) is 0 Å². The molecule has 1 atom stereocenters. The van der Waals surface area contributed by atoms with Crippen LogP contribution in [0.3, 0.4) is 0 Å². The molecule has 100 valence electrons. The van der Waals surface area contributed by atoms with Gasteiger partial charge in [-0.3, -0.25) is 4.90 Å². The molecule has 0 radical (unpaired) electrons. The maximum absolute atomic E-state index is 5.69. The SMILES string of the molecule is CCNc1cc(CN2CCOC(CC)C2)ccn1. The number of ether oxygens (including phenoxy) is 1. The Bertz CT molecular complexity index is 370. The molecule has 4 nitrogen and oxygen atoms in total. The standard InChI is InChI=1S/C14H23N3O/c1-3-13-11-17(7-8-18-13)10-12-5-6-16-14(9-12)15-4-2/h5-6,9,13H,3-4,7-8,10-11H2,1-2H3,(H,15,16). The Morgan fingerprint density at radius 1 is 1.50 bits per heavy atom. The second-order valence-electron chi connectivity index (χ2n) is 4.72. The molecule has 1 fully saturated rings. The van der Waals surface area contributed by atoms with E-state index in [1.807, 2.05) is 6.20 Å². The lowest BCUT2D eigenvalue weighted by molar-refractivity contribution is -0.0324. The van der Waals surface area contributed by atoms with Crippen molar-refractivity contribution in [3.05, 3.63) is 23.9 Å². The molecule has 0 aromatic carbocycles. The van der Waals surface area contributed by atoms with Crippen LogP contribution >= 0.6 is 0 Å². The minimum atomic E-state index is 0.397. The maximum atomic E-state index is 5.69. The second kappa shape index (κ2) is 6.71. The molecule has 1 saturated heterocycles. The number of pyridine rings is 1. The van der Waals surface area contributed by atoms with Crippen LogP contribution in [0, 0.1) is 0 Å². The van der Waals surface area contributed by atoms with E-state index < -0.39 is 0 Å². The van der Waals surface area contributed by atoms with Gasteiger partial charge in [0, 0.05) is 32.4 Å². The van der Waals surface area contributed by atoms with Crippen LogP contribution in [0.1, 0.15) is 25.8 Å². The van der Waals surface area contributed by atoms with E-state index in [2.05, 4.69) is 41.2 Å². The number of aromatic nitrogens is 1. The molecule has 1 aliphatic heterocycles. The lowest BCUT2D eigenvalue weighted by Gasteiger charge is -2.32. The summed E-state index contributed by atoms with van der Waals surface area (Å²) in [4.78, 5) is 6.76. The molecule has 1 N–H and O–H groups in total. The van der Waals surface area contributed by atoms with Gasteiger partial charge in [-0.2, -0.15) is 0 Å². The molecule has 2 rings (SSSR count). The summed E-state index contributed by atoms with van der Waals surface area (Å²) < 4.78 is 5.69. The summed E-state index contributed by atoms with van der Waals surface area (Å²) in [6.07, 6.45) is 3.37. The number of hydrogen-bond acceptors (Lipinski definition) is 4. The minimum absolute atomic E-state index is 0.397. The fraction of sp³-hybridized carbons (Fsp3) is 0.643. The third kappa shape index (κ3) is 3.68. The number of rotatable bonds is 5. The van der Waals surface area contributed by atoms with Crippen LogP contribution in [-0.4, -0.2) is 42.2 Å². The zero-order valence-electron chi connectivity index (χ0n) is 11.4. The van der Waals surface area contributed by atoms with E-state index in [1.54, 1.807) is 0 Å². The van der Waals surface area contributed by atoms with Crippen LogP contribution in [0.25, 0.3) is 0 Å². The highest BCUT2D eigenvalue weighted by molar-refractivity contribution is 5.37. The molecule has 1 aliphatic rings. The van der Waals surface area contributed by atoms with E-state index in [4.69, 9.17) is 4.74 Å². The van der Waals surface area contributed by atoms with Crippen molar-refractivity contribution in [3.8, 4) is 0 Å². The minimum Gasteiger partial charge on any atom is -0.376 e. The first-order chi connectivity index (χ1) is 8.81. The summed E-state index contributed by atoms with van der Waals surface area (Å²) in [5, 5.41) is 3.25. The van der Waals surface area contributed by atoms with Gasteiger partial charge in [-0.1, -0.05) is 6.92 Å². The van der Waals surface area contributed by atoms with E-state index >= 15 is 0 Å². The van der Waals surface area contributed by atoms with Crippen LogP contribution < -0.4 is 5.32 Å². The van der Waals surface area contributed by atoms with Crippen LogP contribution in [0.15, 0.2) is 18.3 Å². The fourth-order valence-corrected chi connectivity index (χ4v) is 2.28. The Hall–Kier alpha value is -1.13. The Morgan fingerprint density at radius 3 is 3.17 bits per heavy atom. The van der Waals surface area contributed by atoms with Crippen molar-refractivity contribution in [2.24, 2.45) is 0 Å². The molecule has 1 unspecified atom stereocenters. The molecule has 0 saturated carbocycles. The van der Waals surface area contributed by atoms with Gasteiger partial charge in [0.2, 0.25) is 0 Å². The largest absolute Gasteiger partial charge is 0.376 e. The number of nitrogens with one attached hydrogen (secondary N) is 1. The molecule has 0 amide bonds. The van der Waals surface area contributed by atoms with E-state index in [9.17, 15) is 0 Å². The van der Waals surface area contributed by atoms with E-state index in [-0.39, 0.29) is 0 Å². The molecule has 0 spiro atoms. The zero-order chi connectivity index (χ0) is 12.8. The highest BCUT2D eigenvalue weighted by Crippen LogP contribution is 2.14. The van der Waals surface area contributed by atoms with Crippen LogP contribution in [0.4, 0.5) is 5.82 Å². The van der Waals surface area contributed by atoms with Gasteiger partial charge in [0.05, 0.1) is 12.7 Å². The highest BCUT2D eigenvalue weighted by Gasteiger charge is 2.18. The van der Waals surface area contributed by atoms with E-state index in [0.717, 1.165) is 45.0 Å². The lowest BCUT2D eigenvalue weighted by Crippen LogP contribution is -2.41. The Labute approximate surface area is 109 Å². The average molecular weight is 249 g/mol. The molecule has 4 heteroatoms. The normalized spacial score (nSPS) is 20.9. The summed E-state index contributed by atoms with van der Waals surface area (Å²) >= 11 is 0. The third-order valence-electron chi connectivity index (χ3n) is 3.27. The van der Waals surface area contributed by atoms with Crippen molar-refractivity contribution in [1.82, 2.24) is 9.88 Å². The van der Waals surface area contributed by atoms with Gasteiger partial charge in [0.1, 0.15) is 5.82 Å². The Balaban J connectivity index is 1.93. The zero-order valence-corrected chi connectivity index (χ0v) is 11.4. The van der Waals surface area contributed by atoms with Crippen LogP contribution in [0.2, 0.25) is 0 Å². The topological polar surface area (TPSA) is 37.4 Å². The second-order valence-corrected chi connectivity index (χ2v) is 4.72. The molecular weight excluding hydrogens is 226 g/mol. The number of hydrogen-bond donors (Lipinski definition) is 1. The van der Waals surface area contributed by atoms with E-state index in [1.165, 1.54) is 5.56 Å². The molecule has 0 aliphatic carbocycles. The summed E-state index contributed by atoms with van der Waals surface area (Å²) in [5.74, 6) is 0.968. The lowest BCUT2D eigenvalue weighted by atomic mass is 10.2. The first kappa shape index (κ1) is 13.3. The first-order valence-electron chi connectivity index (χ1n) is 6.84. The van der Waals surface area contributed by atoms with Crippen molar-refractivity contribution in [2.75, 3.05) is 31.6 Å². The van der Waals surface area contributed by atoms with Crippen molar-refractivity contribution < 1.29 is 4.74 Å². The van der Waals surface area contributed by atoms with Crippen molar-refractivity contribution in [3.63, 3.8) is 0 Å². The van der Waals surface area contributed by atoms with Gasteiger partial charge in [-0.05, 0) is 31.0 Å². The fourth-order valence-electron chi connectivity index (χ4n) is 2.28. The van der Waals surface area contributed by atoms with Crippen molar-refractivity contribution in [2.45, 2.75) is 32.9 Å². The van der Waals surface area contributed by atoms with Gasteiger partial charge >= 0.3 is 0 Å². The maximum Gasteiger partial charge on any atom is 0.126 e. The predicted molar refractivity (Wildman–Crippen MR) is 73.7 cm³/mol. The van der Waals surface area contributed by atoms with Gasteiger partial charge in [-0.25, -0.2) is 4.98 Å². The molecule has 1 aromatic rings. The average Bonchev–Trinajstić information content (AvgIpc) is 2.40. The molecular formula is C14H23N3O. The Kier molecular flexibility index (Phi) is 4.96. The van der Waals surface area contributed by atoms with Gasteiger partial charge < -0.3 is 10.1 Å². The molecule has 0 bridgehead atoms. The number of morpholine rings is 1. The quantitative estimate of drug-likeness (QED) is 0.867. The summed E-state index contributed by atoms with van der Waals surface area (Å²) in [6, 6.07) is 4.23. The first-order valence-corrected chi connectivity index (χ1v) is 6.84.